The second-order valence-electron chi connectivity index (χ2n) is 7.50. The van der Waals surface area contributed by atoms with Crippen LogP contribution in [-0.4, -0.2) is 35.2 Å². The molecule has 1 aromatic rings. The monoisotopic (exact) mass is 338 g/mol. The van der Waals surface area contributed by atoms with Crippen LogP contribution in [0.1, 0.15) is 56.7 Å². The van der Waals surface area contributed by atoms with Crippen LogP contribution in [0.2, 0.25) is 0 Å². The van der Waals surface area contributed by atoms with E-state index in [0.717, 1.165) is 32.4 Å². The zero-order valence-electron chi connectivity index (χ0n) is 15.0. The molecule has 1 N–H and O–H groups in total. The third kappa shape index (κ3) is 5.81. The maximum Gasteiger partial charge on any atom is 0.410 e. The first-order chi connectivity index (χ1) is 10.7. The molecule has 4 nitrogen and oxygen atoms in total. The molecule has 0 radical (unpaired) electrons. The molecule has 2 rings (SSSR count). The minimum Gasteiger partial charge on any atom is -0.444 e. The Balaban J connectivity index is 1.81. The largest absolute Gasteiger partial charge is 0.444 e. The highest BCUT2D eigenvalue weighted by Gasteiger charge is 2.32. The molecule has 1 aliphatic heterocycles. The maximum absolute atomic E-state index is 12.3. The number of rotatable bonds is 5. The van der Waals surface area contributed by atoms with Gasteiger partial charge in [0.25, 0.3) is 0 Å². The highest BCUT2D eigenvalue weighted by Crippen LogP contribution is 2.24. The first-order valence-electron chi connectivity index (χ1n) is 8.53. The minimum absolute atomic E-state index is 0.166. The minimum atomic E-state index is -0.425. The van der Waals surface area contributed by atoms with Crippen LogP contribution in [0.3, 0.4) is 0 Å². The average molecular weight is 339 g/mol. The van der Waals surface area contributed by atoms with Crippen LogP contribution in [0.15, 0.2) is 12.1 Å². The third-order valence-electron chi connectivity index (χ3n) is 4.05. The van der Waals surface area contributed by atoms with E-state index in [2.05, 4.69) is 31.3 Å². The highest BCUT2D eigenvalue weighted by atomic mass is 32.1. The van der Waals surface area contributed by atoms with Crippen molar-refractivity contribution in [1.29, 1.82) is 0 Å². The van der Waals surface area contributed by atoms with Crippen LogP contribution in [-0.2, 0) is 11.3 Å². The van der Waals surface area contributed by atoms with E-state index < -0.39 is 5.60 Å². The summed E-state index contributed by atoms with van der Waals surface area (Å²) in [6, 6.07) is 5.01. The number of amides is 1. The number of likely N-dealkylation sites (tertiary alicyclic amines) is 1. The Bertz CT molecular complexity index is 521. The molecule has 1 amide bonds. The molecule has 0 aliphatic carbocycles. The first kappa shape index (κ1) is 18.3. The number of nitrogens with zero attached hydrogens (tertiary/aromatic N) is 1. The van der Waals surface area contributed by atoms with Gasteiger partial charge in [-0.15, -0.1) is 11.3 Å². The van der Waals surface area contributed by atoms with Crippen molar-refractivity contribution in [1.82, 2.24) is 10.2 Å². The second-order valence-corrected chi connectivity index (χ2v) is 8.87. The lowest BCUT2D eigenvalue weighted by molar-refractivity contribution is 0.0214. The van der Waals surface area contributed by atoms with Crippen LogP contribution in [0, 0.1) is 6.92 Å². The van der Waals surface area contributed by atoms with Gasteiger partial charge < -0.3 is 15.0 Å². The van der Waals surface area contributed by atoms with Crippen LogP contribution < -0.4 is 5.32 Å². The summed E-state index contributed by atoms with van der Waals surface area (Å²) in [6.07, 6.45) is 2.95. The number of aryl methyl sites for hydroxylation is 1. The van der Waals surface area contributed by atoms with Crippen molar-refractivity contribution < 1.29 is 9.53 Å². The van der Waals surface area contributed by atoms with Gasteiger partial charge in [0.15, 0.2) is 0 Å². The second kappa shape index (κ2) is 7.67. The molecule has 1 aliphatic rings. The zero-order valence-corrected chi connectivity index (χ0v) is 15.8. The third-order valence-corrected chi connectivity index (χ3v) is 5.05. The molecule has 0 bridgehead atoms. The Morgan fingerprint density at radius 3 is 2.83 bits per heavy atom. The summed E-state index contributed by atoms with van der Waals surface area (Å²) in [7, 11) is 0. The SMILES string of the molecule is Cc1ccc(CNC(C)CC2CCCN2C(=O)OC(C)(C)C)s1. The van der Waals surface area contributed by atoms with Crippen molar-refractivity contribution in [2.45, 2.75) is 78.1 Å². The predicted molar refractivity (Wildman–Crippen MR) is 95.9 cm³/mol. The number of nitrogens with one attached hydrogen (secondary N) is 1. The van der Waals surface area contributed by atoms with E-state index in [0.29, 0.717) is 6.04 Å². The van der Waals surface area contributed by atoms with Crippen LogP contribution in [0.25, 0.3) is 0 Å². The topological polar surface area (TPSA) is 41.6 Å². The van der Waals surface area contributed by atoms with E-state index in [-0.39, 0.29) is 12.1 Å². The van der Waals surface area contributed by atoms with E-state index in [1.807, 2.05) is 37.0 Å². The van der Waals surface area contributed by atoms with Crippen molar-refractivity contribution in [3.63, 3.8) is 0 Å². The number of carbonyl (C=O) groups is 1. The number of ether oxygens (including phenoxy) is 1. The Morgan fingerprint density at radius 2 is 2.22 bits per heavy atom. The summed E-state index contributed by atoms with van der Waals surface area (Å²) in [5, 5.41) is 3.58. The van der Waals surface area contributed by atoms with E-state index in [9.17, 15) is 4.79 Å². The van der Waals surface area contributed by atoms with Gasteiger partial charge in [-0.05, 0) is 66.0 Å². The van der Waals surface area contributed by atoms with Gasteiger partial charge in [-0.25, -0.2) is 4.79 Å². The summed E-state index contributed by atoms with van der Waals surface area (Å²) in [5.41, 5.74) is -0.425. The summed E-state index contributed by atoms with van der Waals surface area (Å²) >= 11 is 1.84. The molecule has 23 heavy (non-hydrogen) atoms. The van der Waals surface area contributed by atoms with Gasteiger partial charge in [0.2, 0.25) is 0 Å². The quantitative estimate of drug-likeness (QED) is 0.869. The Kier molecular flexibility index (Phi) is 6.09. The normalized spacial score (nSPS) is 19.9. The highest BCUT2D eigenvalue weighted by molar-refractivity contribution is 7.11. The smallest absolute Gasteiger partial charge is 0.410 e. The van der Waals surface area contributed by atoms with Gasteiger partial charge in [0.05, 0.1) is 0 Å². The van der Waals surface area contributed by atoms with Crippen molar-refractivity contribution >= 4 is 17.4 Å². The van der Waals surface area contributed by atoms with Crippen molar-refractivity contribution in [3.8, 4) is 0 Å². The predicted octanol–water partition coefficient (Wildman–Crippen LogP) is 4.32. The maximum atomic E-state index is 12.3. The molecule has 2 heterocycles. The van der Waals surface area contributed by atoms with E-state index in [4.69, 9.17) is 4.74 Å². The molecule has 2 unspecified atom stereocenters. The molecule has 5 heteroatoms. The molecule has 1 aromatic heterocycles. The summed E-state index contributed by atoms with van der Waals surface area (Å²) < 4.78 is 5.53. The Labute approximate surface area is 144 Å². The van der Waals surface area contributed by atoms with Gasteiger partial charge in [0, 0.05) is 34.9 Å². The Morgan fingerprint density at radius 1 is 1.48 bits per heavy atom. The van der Waals surface area contributed by atoms with E-state index >= 15 is 0 Å². The van der Waals surface area contributed by atoms with Gasteiger partial charge >= 0.3 is 6.09 Å². The van der Waals surface area contributed by atoms with Gasteiger partial charge in [-0.1, -0.05) is 0 Å². The lowest BCUT2D eigenvalue weighted by Gasteiger charge is -2.30. The lowest BCUT2D eigenvalue weighted by Crippen LogP contribution is -2.42. The number of hydrogen-bond acceptors (Lipinski definition) is 4. The van der Waals surface area contributed by atoms with Crippen molar-refractivity contribution in [3.05, 3.63) is 21.9 Å². The van der Waals surface area contributed by atoms with Gasteiger partial charge in [-0.3, -0.25) is 0 Å². The molecule has 1 fully saturated rings. The average Bonchev–Trinajstić information content (AvgIpc) is 3.03. The fourth-order valence-corrected chi connectivity index (χ4v) is 3.83. The molecule has 130 valence electrons. The fourth-order valence-electron chi connectivity index (χ4n) is 2.99. The molecule has 0 aromatic carbocycles. The fraction of sp³-hybridized carbons (Fsp3) is 0.722. The summed E-state index contributed by atoms with van der Waals surface area (Å²) in [6.45, 7) is 11.8. The first-order valence-corrected chi connectivity index (χ1v) is 9.34. The molecular formula is C18H30N2O2S. The molecule has 1 saturated heterocycles. The number of carbonyl (C=O) groups excluding carboxylic acids is 1. The lowest BCUT2D eigenvalue weighted by atomic mass is 10.1. The Hall–Kier alpha value is -1.07. The molecule has 0 saturated carbocycles. The standard InChI is InChI=1S/C18H30N2O2S/c1-13(19-12-16-9-8-14(2)23-16)11-15-7-6-10-20(15)17(21)22-18(3,4)5/h8-9,13,15,19H,6-7,10-12H2,1-5H3. The number of thiophene rings is 1. The van der Waals surface area contributed by atoms with Gasteiger partial charge in [0.1, 0.15) is 5.60 Å². The molecular weight excluding hydrogens is 308 g/mol. The van der Waals surface area contributed by atoms with Crippen molar-refractivity contribution in [2.24, 2.45) is 0 Å². The van der Waals surface area contributed by atoms with Crippen LogP contribution >= 0.6 is 11.3 Å². The zero-order chi connectivity index (χ0) is 17.0. The van der Waals surface area contributed by atoms with Gasteiger partial charge in [-0.2, -0.15) is 0 Å². The summed E-state index contributed by atoms with van der Waals surface area (Å²) in [4.78, 5) is 16.9. The van der Waals surface area contributed by atoms with Crippen LogP contribution in [0.4, 0.5) is 4.79 Å². The number of hydrogen-bond donors (Lipinski definition) is 1. The summed E-state index contributed by atoms with van der Waals surface area (Å²) in [5.74, 6) is 0. The van der Waals surface area contributed by atoms with E-state index in [1.54, 1.807) is 0 Å². The van der Waals surface area contributed by atoms with Crippen molar-refractivity contribution in [2.75, 3.05) is 6.54 Å². The molecule has 2 atom stereocenters. The van der Waals surface area contributed by atoms with E-state index in [1.165, 1.54) is 9.75 Å². The van der Waals surface area contributed by atoms with Crippen LogP contribution in [0.5, 0.6) is 0 Å². The molecule has 0 spiro atoms.